The van der Waals surface area contributed by atoms with Gasteiger partial charge in [0.1, 0.15) is 0 Å². The first-order chi connectivity index (χ1) is 9.06. The smallest absolute Gasteiger partial charge is 0.196 e. The van der Waals surface area contributed by atoms with Crippen LogP contribution in [0.25, 0.3) is 0 Å². The van der Waals surface area contributed by atoms with E-state index in [1.807, 2.05) is 19.1 Å². The molecule has 0 aromatic heterocycles. The molecule has 0 saturated carbocycles. The van der Waals surface area contributed by atoms with E-state index in [-0.39, 0.29) is 11.1 Å². The first kappa shape index (κ1) is 13.4. The number of hydrogen-bond acceptors (Lipinski definition) is 1. The van der Waals surface area contributed by atoms with Crippen LogP contribution >= 0.6 is 0 Å². The molecule has 0 bridgehead atoms. The molecule has 0 aliphatic heterocycles. The monoisotopic (exact) mass is 260 g/mol. The maximum atomic E-state index is 13.8. The van der Waals surface area contributed by atoms with Crippen molar-refractivity contribution in [1.29, 1.82) is 0 Å². The Morgan fingerprint density at radius 3 is 2.37 bits per heavy atom. The molecule has 2 aromatic carbocycles. The van der Waals surface area contributed by atoms with Crippen LogP contribution in [-0.2, 0) is 6.42 Å². The second kappa shape index (κ2) is 5.31. The zero-order valence-electron chi connectivity index (χ0n) is 10.8. The highest BCUT2D eigenvalue weighted by molar-refractivity contribution is 6.10. The van der Waals surface area contributed by atoms with Gasteiger partial charge in [0.25, 0.3) is 0 Å². The molecule has 2 aromatic rings. The minimum atomic E-state index is -1.07. The van der Waals surface area contributed by atoms with E-state index in [4.69, 9.17) is 0 Å². The van der Waals surface area contributed by atoms with Gasteiger partial charge in [-0.05, 0) is 30.5 Å². The van der Waals surface area contributed by atoms with Crippen molar-refractivity contribution in [2.24, 2.45) is 0 Å². The third-order valence-corrected chi connectivity index (χ3v) is 3.16. The summed E-state index contributed by atoms with van der Waals surface area (Å²) in [6.07, 6.45) is 0.665. The molecule has 0 spiro atoms. The highest BCUT2D eigenvalue weighted by Crippen LogP contribution is 2.21. The highest BCUT2D eigenvalue weighted by Gasteiger charge is 2.19. The maximum absolute atomic E-state index is 13.8. The molecule has 0 unspecified atom stereocenters. The van der Waals surface area contributed by atoms with E-state index in [9.17, 15) is 13.6 Å². The number of ketones is 1. The Kier molecular flexibility index (Phi) is 3.74. The van der Waals surface area contributed by atoms with Crippen molar-refractivity contribution in [3.05, 3.63) is 70.3 Å². The van der Waals surface area contributed by atoms with Crippen LogP contribution in [0.5, 0.6) is 0 Å². The predicted molar refractivity (Wildman–Crippen MR) is 70.3 cm³/mol. The molecule has 1 nitrogen and oxygen atoms in total. The Morgan fingerprint density at radius 2 is 1.68 bits per heavy atom. The average Bonchev–Trinajstić information content (AvgIpc) is 2.44. The van der Waals surface area contributed by atoms with Crippen LogP contribution in [0, 0.1) is 18.6 Å². The summed E-state index contributed by atoms with van der Waals surface area (Å²) in [4.78, 5) is 12.3. The lowest BCUT2D eigenvalue weighted by molar-refractivity contribution is 0.103. The summed E-state index contributed by atoms with van der Waals surface area (Å²) < 4.78 is 27.4. The summed E-state index contributed by atoms with van der Waals surface area (Å²) in [7, 11) is 0. The zero-order chi connectivity index (χ0) is 14.0. The Labute approximate surface area is 110 Å². The molecule has 0 fully saturated rings. The van der Waals surface area contributed by atoms with Crippen LogP contribution in [-0.4, -0.2) is 5.78 Å². The van der Waals surface area contributed by atoms with Crippen molar-refractivity contribution in [3.63, 3.8) is 0 Å². The predicted octanol–water partition coefficient (Wildman–Crippen LogP) is 4.07. The number of benzene rings is 2. The van der Waals surface area contributed by atoms with Gasteiger partial charge >= 0.3 is 0 Å². The summed E-state index contributed by atoms with van der Waals surface area (Å²) in [5.41, 5.74) is 1.22. The number of halogens is 2. The molecule has 98 valence electrons. The molecule has 0 N–H and O–H groups in total. The van der Waals surface area contributed by atoms with Crippen LogP contribution < -0.4 is 0 Å². The lowest BCUT2D eigenvalue weighted by Gasteiger charge is -2.08. The van der Waals surface area contributed by atoms with Crippen LogP contribution in [0.1, 0.15) is 34.0 Å². The van der Waals surface area contributed by atoms with Gasteiger partial charge in [0.2, 0.25) is 0 Å². The third-order valence-electron chi connectivity index (χ3n) is 3.16. The number of hydrogen-bond donors (Lipinski definition) is 0. The second-order valence-corrected chi connectivity index (χ2v) is 4.40. The van der Waals surface area contributed by atoms with E-state index < -0.39 is 17.4 Å². The molecule has 19 heavy (non-hydrogen) atoms. The fourth-order valence-electron chi connectivity index (χ4n) is 2.02. The van der Waals surface area contributed by atoms with E-state index in [1.54, 1.807) is 12.1 Å². The summed E-state index contributed by atoms with van der Waals surface area (Å²) in [6, 6.07) is 9.74. The molecule has 0 aliphatic rings. The Morgan fingerprint density at radius 1 is 1.00 bits per heavy atom. The van der Waals surface area contributed by atoms with Gasteiger partial charge in [-0.1, -0.05) is 37.3 Å². The lowest BCUT2D eigenvalue weighted by Crippen LogP contribution is -2.09. The van der Waals surface area contributed by atoms with Crippen molar-refractivity contribution in [3.8, 4) is 0 Å². The Balaban J connectivity index is 2.54. The minimum Gasteiger partial charge on any atom is -0.288 e. The van der Waals surface area contributed by atoms with Gasteiger partial charge < -0.3 is 0 Å². The van der Waals surface area contributed by atoms with Crippen LogP contribution in [0.2, 0.25) is 0 Å². The summed E-state index contributed by atoms with van der Waals surface area (Å²) in [5, 5.41) is 0. The first-order valence-electron chi connectivity index (χ1n) is 6.13. The average molecular weight is 260 g/mol. The molecule has 3 heteroatoms. The van der Waals surface area contributed by atoms with Gasteiger partial charge in [0.05, 0.1) is 5.56 Å². The number of rotatable bonds is 3. The number of carbonyl (C=O) groups excluding carboxylic acids is 1. The van der Waals surface area contributed by atoms with Crippen LogP contribution in [0.4, 0.5) is 8.78 Å². The molecular weight excluding hydrogens is 246 g/mol. The quantitative estimate of drug-likeness (QED) is 0.760. The minimum absolute atomic E-state index is 0.192. The maximum Gasteiger partial charge on any atom is 0.196 e. The first-order valence-corrected chi connectivity index (χ1v) is 6.13. The van der Waals surface area contributed by atoms with Gasteiger partial charge in [0.15, 0.2) is 17.4 Å². The SMILES string of the molecule is CCc1ccccc1C(=O)c1ccc(C)c(F)c1F. The van der Waals surface area contributed by atoms with Crippen molar-refractivity contribution in [2.45, 2.75) is 20.3 Å². The van der Waals surface area contributed by atoms with Gasteiger partial charge in [-0.3, -0.25) is 4.79 Å². The van der Waals surface area contributed by atoms with Crippen molar-refractivity contribution in [2.75, 3.05) is 0 Å². The highest BCUT2D eigenvalue weighted by atomic mass is 19.2. The van der Waals surface area contributed by atoms with E-state index >= 15 is 0 Å². The van der Waals surface area contributed by atoms with Gasteiger partial charge in [-0.25, -0.2) is 8.78 Å². The van der Waals surface area contributed by atoms with E-state index in [0.29, 0.717) is 12.0 Å². The molecule has 0 saturated heterocycles. The molecule has 0 amide bonds. The van der Waals surface area contributed by atoms with Crippen molar-refractivity contribution >= 4 is 5.78 Å². The summed E-state index contributed by atoms with van der Waals surface area (Å²) >= 11 is 0. The second-order valence-electron chi connectivity index (χ2n) is 4.40. The molecule has 0 heterocycles. The third kappa shape index (κ3) is 2.41. The number of aryl methyl sites for hydroxylation is 2. The Bertz CT molecular complexity index is 633. The van der Waals surface area contributed by atoms with Crippen LogP contribution in [0.3, 0.4) is 0 Å². The molecule has 2 rings (SSSR count). The molecule has 0 atom stereocenters. The van der Waals surface area contributed by atoms with Gasteiger partial charge in [-0.2, -0.15) is 0 Å². The fraction of sp³-hybridized carbons (Fsp3) is 0.188. The molecular formula is C16H14F2O. The largest absolute Gasteiger partial charge is 0.288 e. The molecule has 0 aliphatic carbocycles. The van der Waals surface area contributed by atoms with E-state index in [1.165, 1.54) is 19.1 Å². The Hall–Kier alpha value is -2.03. The standard InChI is InChI=1S/C16H14F2O/c1-3-11-6-4-5-7-12(11)16(19)13-9-8-10(2)14(17)15(13)18/h4-9H,3H2,1-2H3. The van der Waals surface area contributed by atoms with E-state index in [2.05, 4.69) is 0 Å². The van der Waals surface area contributed by atoms with Crippen molar-refractivity contribution < 1.29 is 13.6 Å². The fourth-order valence-corrected chi connectivity index (χ4v) is 2.02. The lowest BCUT2D eigenvalue weighted by atomic mass is 9.96. The zero-order valence-corrected chi connectivity index (χ0v) is 10.8. The van der Waals surface area contributed by atoms with Crippen molar-refractivity contribution in [1.82, 2.24) is 0 Å². The summed E-state index contributed by atoms with van der Waals surface area (Å²) in [6.45, 7) is 3.38. The van der Waals surface area contributed by atoms with E-state index in [0.717, 1.165) is 5.56 Å². The summed E-state index contributed by atoms with van der Waals surface area (Å²) in [5.74, 6) is -2.51. The van der Waals surface area contributed by atoms with Gasteiger partial charge in [-0.15, -0.1) is 0 Å². The molecule has 0 radical (unpaired) electrons. The van der Waals surface area contributed by atoms with Gasteiger partial charge in [0, 0.05) is 5.56 Å². The van der Waals surface area contributed by atoms with Crippen LogP contribution in [0.15, 0.2) is 36.4 Å². The normalized spacial score (nSPS) is 10.5. The topological polar surface area (TPSA) is 17.1 Å². The number of carbonyl (C=O) groups is 1.